The molecule has 0 aliphatic heterocycles. The molecule has 1 amide bonds. The Bertz CT molecular complexity index is 607. The number of hydrogen-bond donors (Lipinski definition) is 2. The average Bonchev–Trinajstić information content (AvgIpc) is 3.21. The SMILES string of the molecule is Cc1ccc(C)c(S(=O)(=O)NCCNC(=O)C2CC2)c1. The van der Waals surface area contributed by atoms with Crippen molar-refractivity contribution in [3.63, 3.8) is 0 Å². The van der Waals surface area contributed by atoms with Crippen molar-refractivity contribution in [2.24, 2.45) is 5.92 Å². The number of sulfonamides is 1. The molecular weight excluding hydrogens is 276 g/mol. The molecular formula is C14H20N2O3S. The molecule has 0 unspecified atom stereocenters. The van der Waals surface area contributed by atoms with Crippen molar-refractivity contribution in [1.29, 1.82) is 0 Å². The van der Waals surface area contributed by atoms with Crippen molar-refractivity contribution in [2.75, 3.05) is 13.1 Å². The molecule has 1 aliphatic rings. The van der Waals surface area contributed by atoms with Gasteiger partial charge in [0.05, 0.1) is 4.90 Å². The summed E-state index contributed by atoms with van der Waals surface area (Å²) in [5, 5.41) is 2.73. The molecule has 0 heterocycles. The topological polar surface area (TPSA) is 75.3 Å². The van der Waals surface area contributed by atoms with Gasteiger partial charge in [-0.1, -0.05) is 12.1 Å². The van der Waals surface area contributed by atoms with Crippen LogP contribution in [0, 0.1) is 19.8 Å². The average molecular weight is 296 g/mol. The van der Waals surface area contributed by atoms with Crippen molar-refractivity contribution < 1.29 is 13.2 Å². The molecule has 1 aromatic rings. The van der Waals surface area contributed by atoms with Crippen LogP contribution in [0.15, 0.2) is 23.1 Å². The predicted octanol–water partition coefficient (Wildman–Crippen LogP) is 1.11. The lowest BCUT2D eigenvalue weighted by Crippen LogP contribution is -2.35. The van der Waals surface area contributed by atoms with Gasteiger partial charge in [0.25, 0.3) is 0 Å². The van der Waals surface area contributed by atoms with Gasteiger partial charge in [-0.15, -0.1) is 0 Å². The number of nitrogens with one attached hydrogen (secondary N) is 2. The van der Waals surface area contributed by atoms with E-state index in [1.54, 1.807) is 19.1 Å². The van der Waals surface area contributed by atoms with Crippen LogP contribution in [0.1, 0.15) is 24.0 Å². The Morgan fingerprint density at radius 3 is 2.60 bits per heavy atom. The molecule has 0 spiro atoms. The molecule has 2 N–H and O–H groups in total. The Hall–Kier alpha value is -1.40. The van der Waals surface area contributed by atoms with Crippen LogP contribution >= 0.6 is 0 Å². The van der Waals surface area contributed by atoms with E-state index < -0.39 is 10.0 Å². The Kier molecular flexibility index (Phi) is 4.45. The smallest absolute Gasteiger partial charge is 0.240 e. The third kappa shape index (κ3) is 3.80. The first-order chi connectivity index (χ1) is 9.40. The zero-order valence-electron chi connectivity index (χ0n) is 11.8. The maximum Gasteiger partial charge on any atom is 0.240 e. The van der Waals surface area contributed by atoms with E-state index in [-0.39, 0.29) is 18.4 Å². The highest BCUT2D eigenvalue weighted by molar-refractivity contribution is 7.89. The summed E-state index contributed by atoms with van der Waals surface area (Å²) in [4.78, 5) is 11.7. The van der Waals surface area contributed by atoms with Crippen molar-refractivity contribution in [3.8, 4) is 0 Å². The zero-order valence-corrected chi connectivity index (χ0v) is 12.6. The molecule has 110 valence electrons. The lowest BCUT2D eigenvalue weighted by molar-refractivity contribution is -0.122. The minimum atomic E-state index is -3.52. The number of carbonyl (C=O) groups is 1. The quantitative estimate of drug-likeness (QED) is 0.772. The maximum atomic E-state index is 12.2. The summed E-state index contributed by atoms with van der Waals surface area (Å²) in [6.07, 6.45) is 1.89. The highest BCUT2D eigenvalue weighted by atomic mass is 32.2. The van der Waals surface area contributed by atoms with E-state index >= 15 is 0 Å². The Morgan fingerprint density at radius 2 is 1.95 bits per heavy atom. The fraction of sp³-hybridized carbons (Fsp3) is 0.500. The molecule has 5 nitrogen and oxygen atoms in total. The van der Waals surface area contributed by atoms with Crippen molar-refractivity contribution in [2.45, 2.75) is 31.6 Å². The molecule has 0 aromatic heterocycles. The summed E-state index contributed by atoms with van der Waals surface area (Å²) >= 11 is 0. The highest BCUT2D eigenvalue weighted by Gasteiger charge is 2.29. The summed E-state index contributed by atoms with van der Waals surface area (Å²) in [6.45, 7) is 4.14. The summed E-state index contributed by atoms with van der Waals surface area (Å²) < 4.78 is 26.9. The number of hydrogen-bond acceptors (Lipinski definition) is 3. The van der Waals surface area contributed by atoms with Crippen LogP contribution in [0.5, 0.6) is 0 Å². The first kappa shape index (κ1) is 15.0. The van der Waals surface area contributed by atoms with Gasteiger partial charge in [0.2, 0.25) is 15.9 Å². The van der Waals surface area contributed by atoms with E-state index in [0.29, 0.717) is 17.0 Å². The minimum absolute atomic E-state index is 0.0240. The first-order valence-corrected chi connectivity index (χ1v) is 8.23. The van der Waals surface area contributed by atoms with Gasteiger partial charge in [0.1, 0.15) is 0 Å². The zero-order chi connectivity index (χ0) is 14.8. The Labute approximate surface area is 119 Å². The van der Waals surface area contributed by atoms with Crippen LogP contribution in [0.25, 0.3) is 0 Å². The van der Waals surface area contributed by atoms with Crippen LogP contribution < -0.4 is 10.0 Å². The van der Waals surface area contributed by atoms with Gasteiger partial charge in [-0.05, 0) is 43.9 Å². The molecule has 0 atom stereocenters. The van der Waals surface area contributed by atoms with Crippen molar-refractivity contribution in [1.82, 2.24) is 10.0 Å². The molecule has 20 heavy (non-hydrogen) atoms. The Morgan fingerprint density at radius 1 is 1.25 bits per heavy atom. The van der Waals surface area contributed by atoms with Crippen molar-refractivity contribution in [3.05, 3.63) is 29.3 Å². The largest absolute Gasteiger partial charge is 0.355 e. The second-order valence-corrected chi connectivity index (χ2v) is 6.97. The number of amides is 1. The van der Waals surface area contributed by atoms with Gasteiger partial charge in [-0.2, -0.15) is 0 Å². The van der Waals surface area contributed by atoms with E-state index in [4.69, 9.17) is 0 Å². The molecule has 1 aliphatic carbocycles. The molecule has 1 saturated carbocycles. The first-order valence-electron chi connectivity index (χ1n) is 6.75. The number of benzene rings is 1. The van der Waals surface area contributed by atoms with Gasteiger partial charge in [0.15, 0.2) is 0 Å². The van der Waals surface area contributed by atoms with Gasteiger partial charge in [-0.3, -0.25) is 4.79 Å². The third-order valence-corrected chi connectivity index (χ3v) is 4.90. The van der Waals surface area contributed by atoms with Crippen LogP contribution in [-0.2, 0) is 14.8 Å². The molecule has 0 bridgehead atoms. The van der Waals surface area contributed by atoms with Crippen LogP contribution in [0.3, 0.4) is 0 Å². The lowest BCUT2D eigenvalue weighted by Gasteiger charge is -2.10. The standard InChI is InChI=1S/C14H20N2O3S/c1-10-3-4-11(2)13(9-10)20(18,19)16-8-7-15-14(17)12-5-6-12/h3-4,9,12,16H,5-8H2,1-2H3,(H,15,17). The molecule has 6 heteroatoms. The molecule has 1 aromatic carbocycles. The fourth-order valence-electron chi connectivity index (χ4n) is 1.94. The summed E-state index contributed by atoms with van der Waals surface area (Å²) in [7, 11) is -3.52. The second-order valence-electron chi connectivity index (χ2n) is 5.23. The Balaban J connectivity index is 1.90. The summed E-state index contributed by atoms with van der Waals surface area (Å²) in [5.74, 6) is 0.168. The molecule has 1 fully saturated rings. The van der Waals surface area contributed by atoms with E-state index in [0.717, 1.165) is 18.4 Å². The monoisotopic (exact) mass is 296 g/mol. The van der Waals surface area contributed by atoms with Crippen LogP contribution in [0.4, 0.5) is 0 Å². The van der Waals surface area contributed by atoms with E-state index in [1.165, 1.54) is 0 Å². The number of carbonyl (C=O) groups excluding carboxylic acids is 1. The fourth-order valence-corrected chi connectivity index (χ4v) is 3.29. The second kappa shape index (κ2) is 5.93. The molecule has 2 rings (SSSR count). The van der Waals surface area contributed by atoms with E-state index in [1.807, 2.05) is 13.0 Å². The van der Waals surface area contributed by atoms with Gasteiger partial charge < -0.3 is 5.32 Å². The summed E-state index contributed by atoms with van der Waals surface area (Å²) in [5.41, 5.74) is 1.61. The highest BCUT2D eigenvalue weighted by Crippen LogP contribution is 2.28. The van der Waals surface area contributed by atoms with E-state index in [9.17, 15) is 13.2 Å². The normalized spacial score (nSPS) is 15.1. The minimum Gasteiger partial charge on any atom is -0.355 e. The molecule has 0 radical (unpaired) electrons. The van der Waals surface area contributed by atoms with Gasteiger partial charge in [0, 0.05) is 19.0 Å². The van der Waals surface area contributed by atoms with Crippen LogP contribution in [0.2, 0.25) is 0 Å². The summed E-state index contributed by atoms with van der Waals surface area (Å²) in [6, 6.07) is 5.32. The third-order valence-electron chi connectivity index (χ3n) is 3.30. The van der Waals surface area contributed by atoms with E-state index in [2.05, 4.69) is 10.0 Å². The van der Waals surface area contributed by atoms with Gasteiger partial charge >= 0.3 is 0 Å². The van der Waals surface area contributed by atoms with Crippen molar-refractivity contribution >= 4 is 15.9 Å². The number of aryl methyl sites for hydroxylation is 2. The predicted molar refractivity (Wildman–Crippen MR) is 76.8 cm³/mol. The van der Waals surface area contributed by atoms with Crippen LogP contribution in [-0.4, -0.2) is 27.4 Å². The molecule has 0 saturated heterocycles. The number of rotatable bonds is 6. The maximum absolute atomic E-state index is 12.2. The lowest BCUT2D eigenvalue weighted by atomic mass is 10.2. The van der Waals surface area contributed by atoms with Gasteiger partial charge in [-0.25, -0.2) is 13.1 Å².